The van der Waals surface area contributed by atoms with E-state index >= 15 is 0 Å². The maximum absolute atomic E-state index is 13.5. The fourth-order valence-corrected chi connectivity index (χ4v) is 1.62. The van der Waals surface area contributed by atoms with Crippen molar-refractivity contribution in [2.45, 2.75) is 6.42 Å². The second-order valence-electron chi connectivity index (χ2n) is 3.63. The zero-order valence-corrected chi connectivity index (χ0v) is 9.61. The number of methoxy groups -OCH3 is 1. The first kappa shape index (κ1) is 11.7. The molecule has 90 valence electrons. The van der Waals surface area contributed by atoms with Gasteiger partial charge in [0, 0.05) is 25.6 Å². The third kappa shape index (κ3) is 2.68. The molecular formula is C12H14FN3O. The summed E-state index contributed by atoms with van der Waals surface area (Å²) in [5.41, 5.74) is 0.344. The Morgan fingerprint density at radius 2 is 2.24 bits per heavy atom. The van der Waals surface area contributed by atoms with Crippen LogP contribution in [0.4, 0.5) is 10.2 Å². The van der Waals surface area contributed by atoms with Gasteiger partial charge in [0.15, 0.2) is 0 Å². The topological polar surface area (TPSA) is 47.0 Å². The zero-order chi connectivity index (χ0) is 12.1. The van der Waals surface area contributed by atoms with Crippen LogP contribution in [0.5, 0.6) is 0 Å². The number of ether oxygens (including phenoxy) is 1. The molecule has 1 aromatic heterocycles. The summed E-state index contributed by atoms with van der Waals surface area (Å²) in [6.07, 6.45) is 2.24. The highest BCUT2D eigenvalue weighted by atomic mass is 19.1. The summed E-state index contributed by atoms with van der Waals surface area (Å²) in [6, 6.07) is 4.85. The van der Waals surface area contributed by atoms with Crippen molar-refractivity contribution < 1.29 is 9.13 Å². The van der Waals surface area contributed by atoms with E-state index in [4.69, 9.17) is 4.74 Å². The SMILES string of the molecule is COCCCNc1ncnc2c(F)cccc12. The van der Waals surface area contributed by atoms with E-state index in [0.29, 0.717) is 23.3 Å². The first-order valence-electron chi connectivity index (χ1n) is 5.45. The Labute approximate surface area is 98.8 Å². The zero-order valence-electron chi connectivity index (χ0n) is 9.61. The van der Waals surface area contributed by atoms with Crippen LogP contribution in [0.1, 0.15) is 6.42 Å². The molecule has 17 heavy (non-hydrogen) atoms. The van der Waals surface area contributed by atoms with E-state index in [9.17, 15) is 4.39 Å². The number of hydrogen-bond donors (Lipinski definition) is 1. The number of anilines is 1. The van der Waals surface area contributed by atoms with Gasteiger partial charge in [-0.2, -0.15) is 0 Å². The number of para-hydroxylation sites is 1. The third-order valence-corrected chi connectivity index (χ3v) is 2.43. The Bertz CT molecular complexity index is 504. The molecule has 0 radical (unpaired) electrons. The highest BCUT2D eigenvalue weighted by molar-refractivity contribution is 5.89. The summed E-state index contributed by atoms with van der Waals surface area (Å²) in [5, 5.41) is 3.85. The number of nitrogens with zero attached hydrogens (tertiary/aromatic N) is 2. The van der Waals surface area contributed by atoms with E-state index in [2.05, 4.69) is 15.3 Å². The minimum absolute atomic E-state index is 0.329. The van der Waals surface area contributed by atoms with Gasteiger partial charge >= 0.3 is 0 Å². The van der Waals surface area contributed by atoms with Crippen molar-refractivity contribution >= 4 is 16.7 Å². The quantitative estimate of drug-likeness (QED) is 0.807. The molecular weight excluding hydrogens is 221 g/mol. The molecule has 0 saturated heterocycles. The van der Waals surface area contributed by atoms with Crippen molar-refractivity contribution in [2.75, 3.05) is 25.6 Å². The number of aromatic nitrogens is 2. The summed E-state index contributed by atoms with van der Waals surface area (Å²) in [6.45, 7) is 1.42. The molecule has 0 atom stereocenters. The van der Waals surface area contributed by atoms with Gasteiger partial charge in [0.2, 0.25) is 0 Å². The fraction of sp³-hybridized carbons (Fsp3) is 0.333. The Morgan fingerprint density at radius 1 is 1.35 bits per heavy atom. The van der Waals surface area contributed by atoms with Crippen molar-refractivity contribution in [1.82, 2.24) is 9.97 Å². The number of rotatable bonds is 5. The van der Waals surface area contributed by atoms with Crippen LogP contribution in [0.25, 0.3) is 10.9 Å². The van der Waals surface area contributed by atoms with Gasteiger partial charge in [-0.05, 0) is 18.6 Å². The number of hydrogen-bond acceptors (Lipinski definition) is 4. The van der Waals surface area contributed by atoms with E-state index in [1.807, 2.05) is 0 Å². The second-order valence-corrected chi connectivity index (χ2v) is 3.63. The Balaban J connectivity index is 2.19. The van der Waals surface area contributed by atoms with Gasteiger partial charge in [-0.3, -0.25) is 0 Å². The van der Waals surface area contributed by atoms with Gasteiger partial charge in [-0.25, -0.2) is 14.4 Å². The van der Waals surface area contributed by atoms with E-state index in [-0.39, 0.29) is 5.82 Å². The van der Waals surface area contributed by atoms with Crippen molar-refractivity contribution in [1.29, 1.82) is 0 Å². The van der Waals surface area contributed by atoms with E-state index in [0.717, 1.165) is 13.0 Å². The Morgan fingerprint density at radius 3 is 3.06 bits per heavy atom. The molecule has 1 aromatic carbocycles. The number of benzene rings is 1. The summed E-state index contributed by atoms with van der Waals surface area (Å²) in [7, 11) is 1.66. The normalized spacial score (nSPS) is 10.7. The van der Waals surface area contributed by atoms with Gasteiger partial charge in [0.1, 0.15) is 23.5 Å². The molecule has 0 amide bonds. The van der Waals surface area contributed by atoms with Crippen molar-refractivity contribution in [3.8, 4) is 0 Å². The van der Waals surface area contributed by atoms with Gasteiger partial charge in [-0.1, -0.05) is 6.07 Å². The van der Waals surface area contributed by atoms with Gasteiger partial charge in [-0.15, -0.1) is 0 Å². The van der Waals surface area contributed by atoms with E-state index < -0.39 is 0 Å². The number of nitrogens with one attached hydrogen (secondary N) is 1. The molecule has 0 saturated carbocycles. The van der Waals surface area contributed by atoms with Gasteiger partial charge < -0.3 is 10.1 Å². The maximum atomic E-state index is 13.5. The van der Waals surface area contributed by atoms with Crippen LogP contribution < -0.4 is 5.32 Å². The smallest absolute Gasteiger partial charge is 0.149 e. The first-order chi connectivity index (χ1) is 8.33. The summed E-state index contributed by atoms with van der Waals surface area (Å²) < 4.78 is 18.4. The summed E-state index contributed by atoms with van der Waals surface area (Å²) in [5.74, 6) is 0.329. The maximum Gasteiger partial charge on any atom is 0.149 e. The monoisotopic (exact) mass is 235 g/mol. The Hall–Kier alpha value is -1.75. The van der Waals surface area contributed by atoms with Gasteiger partial charge in [0.05, 0.1) is 0 Å². The molecule has 0 unspecified atom stereocenters. The molecule has 1 N–H and O–H groups in total. The van der Waals surface area contributed by atoms with Crippen LogP contribution in [0.15, 0.2) is 24.5 Å². The lowest BCUT2D eigenvalue weighted by atomic mass is 10.2. The van der Waals surface area contributed by atoms with Gasteiger partial charge in [0.25, 0.3) is 0 Å². The molecule has 0 spiro atoms. The summed E-state index contributed by atoms with van der Waals surface area (Å²) in [4.78, 5) is 8.05. The Kier molecular flexibility index (Phi) is 3.82. The largest absolute Gasteiger partial charge is 0.385 e. The molecule has 4 nitrogen and oxygen atoms in total. The highest BCUT2D eigenvalue weighted by Crippen LogP contribution is 2.20. The predicted molar refractivity (Wildman–Crippen MR) is 64.5 cm³/mol. The average molecular weight is 235 g/mol. The van der Waals surface area contributed by atoms with Crippen molar-refractivity contribution in [2.24, 2.45) is 0 Å². The average Bonchev–Trinajstić information content (AvgIpc) is 2.36. The lowest BCUT2D eigenvalue weighted by Gasteiger charge is -2.07. The lowest BCUT2D eigenvalue weighted by Crippen LogP contribution is -2.06. The third-order valence-electron chi connectivity index (χ3n) is 2.43. The molecule has 2 aromatic rings. The lowest BCUT2D eigenvalue weighted by molar-refractivity contribution is 0.198. The molecule has 0 bridgehead atoms. The molecule has 0 aliphatic carbocycles. The van der Waals surface area contributed by atoms with Crippen molar-refractivity contribution in [3.63, 3.8) is 0 Å². The number of halogens is 1. The number of fused-ring (bicyclic) bond motifs is 1. The summed E-state index contributed by atoms with van der Waals surface area (Å²) >= 11 is 0. The molecule has 0 aliphatic rings. The second kappa shape index (κ2) is 5.54. The van der Waals surface area contributed by atoms with E-state index in [1.54, 1.807) is 19.2 Å². The van der Waals surface area contributed by atoms with Crippen LogP contribution in [-0.2, 0) is 4.74 Å². The minimum atomic E-state index is -0.329. The first-order valence-corrected chi connectivity index (χ1v) is 5.45. The van der Waals surface area contributed by atoms with Crippen LogP contribution in [0.3, 0.4) is 0 Å². The van der Waals surface area contributed by atoms with Crippen molar-refractivity contribution in [3.05, 3.63) is 30.3 Å². The minimum Gasteiger partial charge on any atom is -0.385 e. The standard InChI is InChI=1S/C12H14FN3O/c1-17-7-3-6-14-12-9-4-2-5-10(13)11(9)15-8-16-12/h2,4-5,8H,3,6-7H2,1H3,(H,14,15,16). The molecule has 0 fully saturated rings. The molecule has 2 rings (SSSR count). The van der Waals surface area contributed by atoms with Crippen LogP contribution in [0.2, 0.25) is 0 Å². The van der Waals surface area contributed by atoms with Crippen LogP contribution in [0, 0.1) is 5.82 Å². The fourth-order valence-electron chi connectivity index (χ4n) is 1.62. The molecule has 1 heterocycles. The van der Waals surface area contributed by atoms with Crippen LogP contribution >= 0.6 is 0 Å². The molecule has 0 aliphatic heterocycles. The van der Waals surface area contributed by atoms with E-state index in [1.165, 1.54) is 12.4 Å². The predicted octanol–water partition coefficient (Wildman–Crippen LogP) is 2.22. The highest BCUT2D eigenvalue weighted by Gasteiger charge is 2.06. The molecule has 5 heteroatoms. The van der Waals surface area contributed by atoms with Crippen LogP contribution in [-0.4, -0.2) is 30.2 Å².